The van der Waals surface area contributed by atoms with Crippen molar-refractivity contribution in [1.82, 2.24) is 9.97 Å². The molecule has 0 fully saturated rings. The summed E-state index contributed by atoms with van der Waals surface area (Å²) in [6.07, 6.45) is 0. The van der Waals surface area contributed by atoms with E-state index < -0.39 is 23.0 Å². The molecule has 0 saturated heterocycles. The molecule has 92 valence electrons. The van der Waals surface area contributed by atoms with Gasteiger partial charge in [-0.3, -0.25) is 14.6 Å². The van der Waals surface area contributed by atoms with Crippen molar-refractivity contribution in [1.29, 1.82) is 0 Å². The molecule has 6 nitrogen and oxygen atoms in total. The maximum absolute atomic E-state index is 12.6. The van der Waals surface area contributed by atoms with Gasteiger partial charge in [-0.2, -0.15) is 0 Å². The summed E-state index contributed by atoms with van der Waals surface area (Å²) < 4.78 is 12.6. The summed E-state index contributed by atoms with van der Waals surface area (Å²) in [5, 5.41) is 2.41. The first-order valence-corrected chi connectivity index (χ1v) is 4.95. The molecule has 0 unspecified atom stereocenters. The van der Waals surface area contributed by atoms with Gasteiger partial charge in [0, 0.05) is 11.8 Å². The first kappa shape index (κ1) is 11.8. The van der Waals surface area contributed by atoms with Crippen LogP contribution in [0, 0.1) is 5.82 Å². The summed E-state index contributed by atoms with van der Waals surface area (Å²) in [4.78, 5) is 37.8. The van der Waals surface area contributed by atoms with Crippen LogP contribution in [0.1, 0.15) is 10.5 Å². The third kappa shape index (κ3) is 2.70. The molecule has 0 bridgehead atoms. The zero-order valence-corrected chi connectivity index (χ0v) is 8.99. The van der Waals surface area contributed by atoms with Crippen LogP contribution in [0.4, 0.5) is 10.1 Å². The number of nitrogens with one attached hydrogen (secondary N) is 3. The molecule has 1 heterocycles. The second-order valence-corrected chi connectivity index (χ2v) is 3.46. The van der Waals surface area contributed by atoms with Crippen LogP contribution in [0.25, 0.3) is 0 Å². The molecule has 0 aliphatic carbocycles. The van der Waals surface area contributed by atoms with Gasteiger partial charge in [0.2, 0.25) is 0 Å². The van der Waals surface area contributed by atoms with E-state index in [0.29, 0.717) is 5.69 Å². The highest BCUT2D eigenvalue weighted by molar-refractivity contribution is 6.02. The lowest BCUT2D eigenvalue weighted by Crippen LogP contribution is -2.27. The van der Waals surface area contributed by atoms with E-state index in [-0.39, 0.29) is 5.69 Å². The van der Waals surface area contributed by atoms with Gasteiger partial charge >= 0.3 is 5.69 Å². The molecule has 7 heteroatoms. The number of aromatic amines is 2. The van der Waals surface area contributed by atoms with Crippen LogP contribution in [0.5, 0.6) is 0 Å². The van der Waals surface area contributed by atoms with Gasteiger partial charge in [-0.1, -0.05) is 0 Å². The number of carbonyl (C=O) groups is 1. The topological polar surface area (TPSA) is 94.8 Å². The van der Waals surface area contributed by atoms with Crippen molar-refractivity contribution in [3.63, 3.8) is 0 Å². The van der Waals surface area contributed by atoms with Crippen LogP contribution in [0.2, 0.25) is 0 Å². The van der Waals surface area contributed by atoms with Crippen molar-refractivity contribution in [2.45, 2.75) is 0 Å². The smallest absolute Gasteiger partial charge is 0.321 e. The lowest BCUT2D eigenvalue weighted by Gasteiger charge is -2.04. The summed E-state index contributed by atoms with van der Waals surface area (Å²) >= 11 is 0. The second-order valence-electron chi connectivity index (χ2n) is 3.46. The number of halogens is 1. The molecule has 0 spiro atoms. The molecule has 1 amide bonds. The van der Waals surface area contributed by atoms with Crippen molar-refractivity contribution in [3.8, 4) is 0 Å². The second kappa shape index (κ2) is 4.66. The quantitative estimate of drug-likeness (QED) is 0.721. The number of H-pyrrole nitrogens is 2. The largest absolute Gasteiger partial charge is 0.326 e. The Hall–Kier alpha value is -2.70. The van der Waals surface area contributed by atoms with Crippen LogP contribution in [-0.2, 0) is 0 Å². The molecular weight excluding hydrogens is 241 g/mol. The Labute approximate surface area is 99.5 Å². The molecule has 0 saturated carbocycles. The molecule has 1 aromatic carbocycles. The third-order valence-electron chi connectivity index (χ3n) is 2.11. The SMILES string of the molecule is O=C(Nc1ccc(F)cc1)c1cc(=O)[nH]c(=O)[nH]1. The van der Waals surface area contributed by atoms with Gasteiger partial charge < -0.3 is 10.3 Å². The number of benzene rings is 1. The molecule has 2 rings (SSSR count). The number of carbonyl (C=O) groups excluding carboxylic acids is 1. The Kier molecular flexibility index (Phi) is 3.05. The number of amides is 1. The van der Waals surface area contributed by atoms with E-state index in [0.717, 1.165) is 6.07 Å². The summed E-state index contributed by atoms with van der Waals surface area (Å²) in [5.41, 5.74) is -1.27. The van der Waals surface area contributed by atoms with Crippen molar-refractivity contribution in [2.75, 3.05) is 5.32 Å². The van der Waals surface area contributed by atoms with Gasteiger partial charge in [-0.25, -0.2) is 9.18 Å². The maximum Gasteiger partial charge on any atom is 0.326 e. The van der Waals surface area contributed by atoms with Gasteiger partial charge in [-0.05, 0) is 24.3 Å². The van der Waals surface area contributed by atoms with Gasteiger partial charge in [0.05, 0.1) is 0 Å². The zero-order valence-electron chi connectivity index (χ0n) is 8.99. The minimum Gasteiger partial charge on any atom is -0.321 e. The lowest BCUT2D eigenvalue weighted by atomic mass is 10.3. The summed E-state index contributed by atoms with van der Waals surface area (Å²) in [6.45, 7) is 0. The standard InChI is InChI=1S/C11H8FN3O3/c12-6-1-3-7(4-2-6)13-10(17)8-5-9(16)15-11(18)14-8/h1-5H,(H,13,17)(H2,14,15,16,18). The van der Waals surface area contributed by atoms with Crippen molar-refractivity contribution in [2.24, 2.45) is 0 Å². The van der Waals surface area contributed by atoms with Crippen LogP contribution in [0.15, 0.2) is 39.9 Å². The van der Waals surface area contributed by atoms with E-state index in [2.05, 4.69) is 10.3 Å². The summed E-state index contributed by atoms with van der Waals surface area (Å²) in [7, 11) is 0. The Morgan fingerprint density at radius 1 is 1.11 bits per heavy atom. The zero-order chi connectivity index (χ0) is 13.1. The van der Waals surface area contributed by atoms with E-state index in [1.807, 2.05) is 4.98 Å². The predicted molar refractivity (Wildman–Crippen MR) is 62.0 cm³/mol. The van der Waals surface area contributed by atoms with Crippen molar-refractivity contribution < 1.29 is 9.18 Å². The van der Waals surface area contributed by atoms with E-state index >= 15 is 0 Å². The number of rotatable bonds is 2. The van der Waals surface area contributed by atoms with E-state index in [1.54, 1.807) is 0 Å². The predicted octanol–water partition coefficient (Wildman–Crippen LogP) is 0.455. The first-order chi connectivity index (χ1) is 8.54. The monoisotopic (exact) mass is 249 g/mol. The fraction of sp³-hybridized carbons (Fsp3) is 0. The molecule has 1 aromatic heterocycles. The van der Waals surface area contributed by atoms with Crippen LogP contribution in [0.3, 0.4) is 0 Å². The summed E-state index contributed by atoms with van der Waals surface area (Å²) in [5.74, 6) is -1.10. The molecule has 2 aromatic rings. The third-order valence-corrected chi connectivity index (χ3v) is 2.11. The minimum absolute atomic E-state index is 0.173. The molecular formula is C11H8FN3O3. The van der Waals surface area contributed by atoms with E-state index in [9.17, 15) is 18.8 Å². The Bertz CT molecular complexity index is 659. The van der Waals surface area contributed by atoms with Crippen LogP contribution >= 0.6 is 0 Å². The molecule has 0 aliphatic rings. The Morgan fingerprint density at radius 2 is 1.78 bits per heavy atom. The van der Waals surface area contributed by atoms with Crippen molar-refractivity contribution >= 4 is 11.6 Å². The first-order valence-electron chi connectivity index (χ1n) is 4.95. The highest BCUT2D eigenvalue weighted by Gasteiger charge is 2.08. The maximum atomic E-state index is 12.6. The number of hydrogen-bond acceptors (Lipinski definition) is 3. The van der Waals surface area contributed by atoms with Crippen LogP contribution in [-0.4, -0.2) is 15.9 Å². The number of aromatic nitrogens is 2. The van der Waals surface area contributed by atoms with E-state index in [4.69, 9.17) is 0 Å². The fourth-order valence-electron chi connectivity index (χ4n) is 1.32. The molecule has 18 heavy (non-hydrogen) atoms. The van der Waals surface area contributed by atoms with Gasteiger partial charge in [-0.15, -0.1) is 0 Å². The van der Waals surface area contributed by atoms with Gasteiger partial charge in [0.25, 0.3) is 11.5 Å². The molecule has 0 atom stereocenters. The molecule has 0 radical (unpaired) electrons. The normalized spacial score (nSPS) is 10.1. The average Bonchev–Trinajstić information content (AvgIpc) is 2.31. The van der Waals surface area contributed by atoms with Gasteiger partial charge in [0.1, 0.15) is 11.5 Å². The highest BCUT2D eigenvalue weighted by atomic mass is 19.1. The average molecular weight is 249 g/mol. The molecule has 0 aliphatic heterocycles. The number of anilines is 1. The Morgan fingerprint density at radius 3 is 2.39 bits per heavy atom. The Balaban J connectivity index is 2.24. The van der Waals surface area contributed by atoms with Crippen LogP contribution < -0.4 is 16.6 Å². The van der Waals surface area contributed by atoms with Crippen molar-refractivity contribution in [3.05, 3.63) is 62.7 Å². The summed E-state index contributed by atoms with van der Waals surface area (Å²) in [6, 6.07) is 6.03. The fourth-order valence-corrected chi connectivity index (χ4v) is 1.32. The lowest BCUT2D eigenvalue weighted by molar-refractivity contribution is 0.102. The number of hydrogen-bond donors (Lipinski definition) is 3. The van der Waals surface area contributed by atoms with E-state index in [1.165, 1.54) is 24.3 Å². The highest BCUT2D eigenvalue weighted by Crippen LogP contribution is 2.08. The molecule has 3 N–H and O–H groups in total. The van der Waals surface area contributed by atoms with Gasteiger partial charge in [0.15, 0.2) is 0 Å². The minimum atomic E-state index is -0.772.